The lowest BCUT2D eigenvalue weighted by Gasteiger charge is -2.60. The molecule has 0 aromatic rings. The van der Waals surface area contributed by atoms with Gasteiger partial charge in [-0.15, -0.1) is 0 Å². The molecule has 0 amide bonds. The summed E-state index contributed by atoms with van der Waals surface area (Å²) < 4.78 is 11.5. The molecule has 0 aromatic heterocycles. The van der Waals surface area contributed by atoms with Gasteiger partial charge in [0.25, 0.3) is 0 Å². The summed E-state index contributed by atoms with van der Waals surface area (Å²) in [5.41, 5.74) is 0.490. The quantitative estimate of drug-likeness (QED) is 0.622. The van der Waals surface area contributed by atoms with Gasteiger partial charge in [-0.05, 0) is 98.7 Å². The van der Waals surface area contributed by atoms with Crippen molar-refractivity contribution in [3.8, 4) is 0 Å². The summed E-state index contributed by atoms with van der Waals surface area (Å²) in [6.07, 6.45) is 12.8. The van der Waals surface area contributed by atoms with Crippen LogP contribution in [0.5, 0.6) is 0 Å². The third-order valence-electron chi connectivity index (χ3n) is 10.4. The van der Waals surface area contributed by atoms with Gasteiger partial charge in [-0.1, -0.05) is 13.8 Å². The fourth-order valence-corrected chi connectivity index (χ4v) is 8.69. The lowest BCUT2D eigenvalue weighted by molar-refractivity contribution is -0.174. The van der Waals surface area contributed by atoms with Crippen LogP contribution in [0.2, 0.25) is 0 Å². The van der Waals surface area contributed by atoms with Crippen molar-refractivity contribution in [3.05, 3.63) is 0 Å². The molecule has 4 heteroatoms. The summed E-state index contributed by atoms with van der Waals surface area (Å²) in [5.74, 6) is 3.74. The van der Waals surface area contributed by atoms with Gasteiger partial charge in [0.05, 0.1) is 0 Å². The van der Waals surface area contributed by atoms with Crippen LogP contribution in [0.1, 0.15) is 90.9 Å². The Kier molecular flexibility index (Phi) is 5.63. The van der Waals surface area contributed by atoms with Crippen molar-refractivity contribution >= 4 is 11.6 Å². The van der Waals surface area contributed by atoms with E-state index in [9.17, 15) is 9.59 Å². The van der Waals surface area contributed by atoms with Gasteiger partial charge >= 0.3 is 0 Å². The van der Waals surface area contributed by atoms with Crippen LogP contribution >= 0.6 is 0 Å². The molecule has 0 bridgehead atoms. The highest BCUT2D eigenvalue weighted by Crippen LogP contribution is 2.67. The average molecular weight is 417 g/mol. The molecule has 8 atom stereocenters. The summed E-state index contributed by atoms with van der Waals surface area (Å²) in [7, 11) is 0. The van der Waals surface area contributed by atoms with E-state index in [0.29, 0.717) is 28.8 Å². The van der Waals surface area contributed by atoms with E-state index >= 15 is 0 Å². The molecule has 168 valence electrons. The standard InChI is InChI=1S/C26H40O4/c1-25-12-10-18(27)15-17(25)6-7-19-20-8-9-22(26(20,2)13-11-21(19)25)23(28)16-30-24-5-3-4-14-29-24/h17,19-22,24H,3-16H2,1-2H3/t17-,19-,20-,21-,22+,24?,25-,26-/m0/s1. The van der Waals surface area contributed by atoms with Crippen molar-refractivity contribution < 1.29 is 19.1 Å². The second-order valence-electron chi connectivity index (χ2n) is 11.6. The van der Waals surface area contributed by atoms with Crippen LogP contribution < -0.4 is 0 Å². The van der Waals surface area contributed by atoms with Crippen LogP contribution in [-0.2, 0) is 19.1 Å². The molecule has 0 radical (unpaired) electrons. The van der Waals surface area contributed by atoms with Crippen molar-refractivity contribution in [2.24, 2.45) is 40.4 Å². The van der Waals surface area contributed by atoms with Crippen molar-refractivity contribution in [3.63, 3.8) is 0 Å². The number of fused-ring (bicyclic) bond motifs is 5. The first kappa shape index (κ1) is 21.1. The van der Waals surface area contributed by atoms with E-state index in [4.69, 9.17) is 9.47 Å². The number of hydrogen-bond acceptors (Lipinski definition) is 4. The molecule has 0 N–H and O–H groups in total. The van der Waals surface area contributed by atoms with E-state index in [-0.39, 0.29) is 24.2 Å². The molecule has 1 heterocycles. The number of carbonyl (C=O) groups is 2. The lowest BCUT2D eigenvalue weighted by Crippen LogP contribution is -2.54. The molecule has 1 saturated heterocycles. The Morgan fingerprint density at radius 2 is 1.83 bits per heavy atom. The van der Waals surface area contributed by atoms with Gasteiger partial charge in [-0.2, -0.15) is 0 Å². The van der Waals surface area contributed by atoms with Crippen molar-refractivity contribution in [1.29, 1.82) is 0 Å². The molecule has 4 saturated carbocycles. The Morgan fingerprint density at radius 1 is 1.00 bits per heavy atom. The largest absolute Gasteiger partial charge is 0.353 e. The van der Waals surface area contributed by atoms with E-state index in [1.54, 1.807) is 0 Å². The third-order valence-corrected chi connectivity index (χ3v) is 10.4. The second-order valence-corrected chi connectivity index (χ2v) is 11.6. The zero-order valence-electron chi connectivity index (χ0n) is 19.0. The maximum Gasteiger partial charge on any atom is 0.162 e. The van der Waals surface area contributed by atoms with Crippen molar-refractivity contribution in [1.82, 2.24) is 0 Å². The minimum Gasteiger partial charge on any atom is -0.353 e. The lowest BCUT2D eigenvalue weighted by atomic mass is 9.44. The van der Waals surface area contributed by atoms with Gasteiger partial charge in [0, 0.05) is 25.4 Å². The molecule has 0 spiro atoms. The van der Waals surface area contributed by atoms with E-state index in [1.165, 1.54) is 32.1 Å². The Bertz CT molecular complexity index is 683. The van der Waals surface area contributed by atoms with E-state index in [2.05, 4.69) is 13.8 Å². The summed E-state index contributed by atoms with van der Waals surface area (Å²) in [6, 6.07) is 0. The Labute approximate surface area is 181 Å². The second kappa shape index (κ2) is 7.99. The maximum absolute atomic E-state index is 13.2. The highest BCUT2D eigenvalue weighted by atomic mass is 16.7. The molecular formula is C26H40O4. The molecule has 5 fully saturated rings. The molecule has 5 aliphatic rings. The minimum absolute atomic E-state index is 0.142. The Balaban J connectivity index is 1.27. The first-order valence-corrected chi connectivity index (χ1v) is 12.7. The molecule has 5 rings (SSSR count). The fourth-order valence-electron chi connectivity index (χ4n) is 8.69. The molecular weight excluding hydrogens is 376 g/mol. The molecule has 0 aromatic carbocycles. The summed E-state index contributed by atoms with van der Waals surface area (Å²) in [6.45, 7) is 5.91. The Hall–Kier alpha value is -0.740. The van der Waals surface area contributed by atoms with Crippen LogP contribution in [0.4, 0.5) is 0 Å². The molecule has 1 aliphatic heterocycles. The predicted molar refractivity (Wildman–Crippen MR) is 115 cm³/mol. The topological polar surface area (TPSA) is 52.6 Å². The molecule has 4 aliphatic carbocycles. The van der Waals surface area contributed by atoms with Gasteiger partial charge in [0.15, 0.2) is 12.1 Å². The number of hydrogen-bond donors (Lipinski definition) is 0. The van der Waals surface area contributed by atoms with Gasteiger partial charge < -0.3 is 9.47 Å². The van der Waals surface area contributed by atoms with E-state index < -0.39 is 0 Å². The van der Waals surface area contributed by atoms with Gasteiger partial charge in [0.1, 0.15) is 12.4 Å². The van der Waals surface area contributed by atoms with Crippen molar-refractivity contribution in [2.45, 2.75) is 97.2 Å². The normalized spacial score (nSPS) is 48.5. The SMILES string of the molecule is C[C@]12CCC(=O)C[C@@H]1CC[C@@H]1[C@@H]2CC[C@]2(C)[C@@H](C(=O)COC3CCCCO3)CC[C@@H]12. The number of ketones is 2. The maximum atomic E-state index is 13.2. The fraction of sp³-hybridized carbons (Fsp3) is 0.923. The highest BCUT2D eigenvalue weighted by Gasteiger charge is 2.61. The number of rotatable bonds is 4. The molecule has 4 nitrogen and oxygen atoms in total. The predicted octanol–water partition coefficient (Wildman–Crippen LogP) is 5.33. The highest BCUT2D eigenvalue weighted by molar-refractivity contribution is 5.83. The van der Waals surface area contributed by atoms with Crippen LogP contribution in [-0.4, -0.2) is 31.1 Å². The van der Waals surface area contributed by atoms with Gasteiger partial charge in [-0.3, -0.25) is 9.59 Å². The average Bonchev–Trinajstić information content (AvgIpc) is 3.10. The van der Waals surface area contributed by atoms with Crippen LogP contribution in [0, 0.1) is 40.4 Å². The zero-order chi connectivity index (χ0) is 20.9. The van der Waals surface area contributed by atoms with Crippen LogP contribution in [0.25, 0.3) is 0 Å². The number of carbonyl (C=O) groups excluding carboxylic acids is 2. The summed E-state index contributed by atoms with van der Waals surface area (Å²) in [5, 5.41) is 0. The third kappa shape index (κ3) is 3.41. The molecule has 1 unspecified atom stereocenters. The van der Waals surface area contributed by atoms with Crippen molar-refractivity contribution in [2.75, 3.05) is 13.2 Å². The number of ether oxygens (including phenoxy) is 2. The summed E-state index contributed by atoms with van der Waals surface area (Å²) in [4.78, 5) is 25.3. The zero-order valence-corrected chi connectivity index (χ0v) is 19.0. The van der Waals surface area contributed by atoms with Crippen LogP contribution in [0.15, 0.2) is 0 Å². The number of Topliss-reactive ketones (excluding diaryl/α,β-unsaturated/α-hetero) is 2. The van der Waals surface area contributed by atoms with Crippen LogP contribution in [0.3, 0.4) is 0 Å². The van der Waals surface area contributed by atoms with E-state index in [0.717, 1.165) is 63.4 Å². The molecule has 30 heavy (non-hydrogen) atoms. The van der Waals surface area contributed by atoms with Gasteiger partial charge in [-0.25, -0.2) is 0 Å². The van der Waals surface area contributed by atoms with Gasteiger partial charge in [0.2, 0.25) is 0 Å². The smallest absolute Gasteiger partial charge is 0.162 e. The first-order chi connectivity index (χ1) is 14.4. The monoisotopic (exact) mass is 416 g/mol. The minimum atomic E-state index is -0.173. The first-order valence-electron chi connectivity index (χ1n) is 12.7. The van der Waals surface area contributed by atoms with E-state index in [1.807, 2.05) is 0 Å². The summed E-state index contributed by atoms with van der Waals surface area (Å²) >= 11 is 0. The Morgan fingerprint density at radius 3 is 2.63 bits per heavy atom.